The number of ether oxygens (including phenoxy) is 1. The van der Waals surface area contributed by atoms with Crippen molar-refractivity contribution in [3.8, 4) is 0 Å². The van der Waals surface area contributed by atoms with Gasteiger partial charge in [0.1, 0.15) is 0 Å². The smallest absolute Gasteiger partial charge is 0.321 e. The zero-order valence-corrected chi connectivity index (χ0v) is 12.0. The number of aliphatic hydroxyl groups excluding tert-OH is 1. The van der Waals surface area contributed by atoms with Crippen molar-refractivity contribution in [1.82, 2.24) is 4.90 Å². The largest absolute Gasteiger partial charge is 0.396 e. The molecule has 0 bridgehead atoms. The molecule has 1 aliphatic heterocycles. The van der Waals surface area contributed by atoms with E-state index >= 15 is 0 Å². The molecule has 5 heteroatoms. The molecule has 1 heterocycles. The van der Waals surface area contributed by atoms with Crippen LogP contribution < -0.4 is 5.32 Å². The summed E-state index contributed by atoms with van der Waals surface area (Å²) in [7, 11) is 1.66. The van der Waals surface area contributed by atoms with Crippen molar-refractivity contribution in [3.05, 3.63) is 29.8 Å². The molecule has 2 amide bonds. The summed E-state index contributed by atoms with van der Waals surface area (Å²) < 4.78 is 5.27. The van der Waals surface area contributed by atoms with E-state index in [4.69, 9.17) is 9.84 Å². The van der Waals surface area contributed by atoms with E-state index in [2.05, 4.69) is 5.32 Å². The number of urea groups is 1. The highest BCUT2D eigenvalue weighted by Gasteiger charge is 2.25. The fourth-order valence-electron chi connectivity index (χ4n) is 2.37. The van der Waals surface area contributed by atoms with Crippen LogP contribution >= 0.6 is 0 Å². The summed E-state index contributed by atoms with van der Waals surface area (Å²) in [5.74, 6) is 0.209. The van der Waals surface area contributed by atoms with Crippen molar-refractivity contribution < 1.29 is 14.6 Å². The molecule has 5 nitrogen and oxygen atoms in total. The highest BCUT2D eigenvalue weighted by molar-refractivity contribution is 5.89. The Labute approximate surface area is 119 Å². The summed E-state index contributed by atoms with van der Waals surface area (Å²) in [6.07, 6.45) is 0.863. The topological polar surface area (TPSA) is 61.8 Å². The van der Waals surface area contributed by atoms with E-state index in [1.165, 1.54) is 0 Å². The minimum atomic E-state index is -0.108. The van der Waals surface area contributed by atoms with E-state index < -0.39 is 0 Å². The number of benzene rings is 1. The van der Waals surface area contributed by atoms with Crippen molar-refractivity contribution in [3.63, 3.8) is 0 Å². The van der Waals surface area contributed by atoms with Crippen LogP contribution in [0.5, 0.6) is 0 Å². The number of nitrogens with one attached hydrogen (secondary N) is 1. The Morgan fingerprint density at radius 1 is 1.60 bits per heavy atom. The second-order valence-electron chi connectivity index (χ2n) is 5.22. The van der Waals surface area contributed by atoms with Crippen LogP contribution in [0.1, 0.15) is 25.0 Å². The first kappa shape index (κ1) is 14.8. The summed E-state index contributed by atoms with van der Waals surface area (Å²) in [5, 5.41) is 12.0. The first-order valence-electron chi connectivity index (χ1n) is 6.93. The fourth-order valence-corrected chi connectivity index (χ4v) is 2.37. The molecular weight excluding hydrogens is 256 g/mol. The maximum absolute atomic E-state index is 12.1. The van der Waals surface area contributed by atoms with Crippen LogP contribution in [-0.2, 0) is 4.74 Å². The number of carbonyl (C=O) groups is 1. The number of anilines is 1. The molecule has 2 rings (SSSR count). The van der Waals surface area contributed by atoms with Gasteiger partial charge >= 0.3 is 6.03 Å². The Hall–Kier alpha value is -1.59. The third-order valence-electron chi connectivity index (χ3n) is 3.79. The van der Waals surface area contributed by atoms with Gasteiger partial charge in [0.2, 0.25) is 0 Å². The van der Waals surface area contributed by atoms with Gasteiger partial charge in [-0.3, -0.25) is 0 Å². The van der Waals surface area contributed by atoms with Gasteiger partial charge in [-0.15, -0.1) is 0 Å². The SMILES string of the molecule is COC(C)c1cccc(NC(=O)N2CCC(CO)C2)c1. The molecule has 2 N–H and O–H groups in total. The number of hydrogen-bond donors (Lipinski definition) is 2. The van der Waals surface area contributed by atoms with E-state index in [1.54, 1.807) is 12.0 Å². The normalized spacial score (nSPS) is 19.9. The summed E-state index contributed by atoms with van der Waals surface area (Å²) in [6.45, 7) is 3.43. The molecule has 1 aromatic carbocycles. The van der Waals surface area contributed by atoms with Crippen molar-refractivity contribution in [2.24, 2.45) is 5.92 Å². The van der Waals surface area contributed by atoms with E-state index in [-0.39, 0.29) is 24.7 Å². The molecule has 1 aliphatic rings. The van der Waals surface area contributed by atoms with Gasteiger partial charge in [-0.25, -0.2) is 4.79 Å². The third kappa shape index (κ3) is 3.49. The number of rotatable bonds is 4. The van der Waals surface area contributed by atoms with Crippen LogP contribution in [0.25, 0.3) is 0 Å². The first-order valence-corrected chi connectivity index (χ1v) is 6.93. The number of methoxy groups -OCH3 is 1. The zero-order chi connectivity index (χ0) is 14.5. The molecule has 1 fully saturated rings. The number of nitrogens with zero attached hydrogens (tertiary/aromatic N) is 1. The van der Waals surface area contributed by atoms with Gasteiger partial charge in [-0.1, -0.05) is 12.1 Å². The van der Waals surface area contributed by atoms with Gasteiger partial charge in [-0.2, -0.15) is 0 Å². The Balaban J connectivity index is 1.98. The number of carbonyl (C=O) groups excluding carboxylic acids is 1. The lowest BCUT2D eigenvalue weighted by molar-refractivity contribution is 0.119. The van der Waals surface area contributed by atoms with Crippen LogP contribution in [0, 0.1) is 5.92 Å². The molecule has 1 saturated heterocycles. The van der Waals surface area contributed by atoms with E-state index in [0.717, 1.165) is 17.7 Å². The summed E-state index contributed by atoms with van der Waals surface area (Å²) in [6, 6.07) is 7.56. The first-order chi connectivity index (χ1) is 9.63. The molecule has 0 saturated carbocycles. The zero-order valence-electron chi connectivity index (χ0n) is 12.0. The molecule has 0 radical (unpaired) electrons. The molecule has 0 spiro atoms. The van der Waals surface area contributed by atoms with Gasteiger partial charge in [-0.05, 0) is 31.0 Å². The second kappa shape index (κ2) is 6.72. The van der Waals surface area contributed by atoms with Gasteiger partial charge in [0.05, 0.1) is 6.10 Å². The molecule has 1 aromatic rings. The predicted molar refractivity (Wildman–Crippen MR) is 77.7 cm³/mol. The molecule has 2 unspecified atom stereocenters. The number of aliphatic hydroxyl groups is 1. The van der Waals surface area contributed by atoms with Crippen LogP contribution in [0.4, 0.5) is 10.5 Å². The highest BCUT2D eigenvalue weighted by atomic mass is 16.5. The Morgan fingerprint density at radius 3 is 3.05 bits per heavy atom. The van der Waals surface area contributed by atoms with Gasteiger partial charge in [0, 0.05) is 38.4 Å². The average Bonchev–Trinajstić information content (AvgIpc) is 2.95. The van der Waals surface area contributed by atoms with Crippen LogP contribution in [-0.4, -0.2) is 42.8 Å². The Morgan fingerprint density at radius 2 is 2.40 bits per heavy atom. The maximum atomic E-state index is 12.1. The standard InChI is InChI=1S/C15H22N2O3/c1-11(20-2)13-4-3-5-14(8-13)16-15(19)17-7-6-12(9-17)10-18/h3-5,8,11-12,18H,6-7,9-10H2,1-2H3,(H,16,19). The summed E-state index contributed by atoms with van der Waals surface area (Å²) in [5.41, 5.74) is 1.80. The molecule has 0 aromatic heterocycles. The predicted octanol–water partition coefficient (Wildman–Crippen LogP) is 2.24. The number of likely N-dealkylation sites (tertiary alicyclic amines) is 1. The van der Waals surface area contributed by atoms with Gasteiger partial charge in [0.15, 0.2) is 0 Å². The number of amides is 2. The third-order valence-corrected chi connectivity index (χ3v) is 3.79. The lowest BCUT2D eigenvalue weighted by Crippen LogP contribution is -2.33. The summed E-state index contributed by atoms with van der Waals surface area (Å²) in [4.78, 5) is 13.9. The molecule has 20 heavy (non-hydrogen) atoms. The summed E-state index contributed by atoms with van der Waals surface area (Å²) >= 11 is 0. The van der Waals surface area contributed by atoms with Gasteiger partial charge < -0.3 is 20.1 Å². The molecular formula is C15H22N2O3. The minimum Gasteiger partial charge on any atom is -0.396 e. The van der Waals surface area contributed by atoms with Crippen molar-refractivity contribution in [1.29, 1.82) is 0 Å². The number of hydrogen-bond acceptors (Lipinski definition) is 3. The van der Waals surface area contributed by atoms with Crippen molar-refractivity contribution in [2.45, 2.75) is 19.4 Å². The quantitative estimate of drug-likeness (QED) is 0.888. The van der Waals surface area contributed by atoms with Gasteiger partial charge in [0.25, 0.3) is 0 Å². The molecule has 0 aliphatic carbocycles. The van der Waals surface area contributed by atoms with Crippen LogP contribution in [0.2, 0.25) is 0 Å². The minimum absolute atomic E-state index is 0.00240. The lowest BCUT2D eigenvalue weighted by atomic mass is 10.1. The Kier molecular flexibility index (Phi) is 4.98. The molecule has 110 valence electrons. The van der Waals surface area contributed by atoms with Crippen molar-refractivity contribution >= 4 is 11.7 Å². The monoisotopic (exact) mass is 278 g/mol. The van der Waals surface area contributed by atoms with Crippen LogP contribution in [0.15, 0.2) is 24.3 Å². The average molecular weight is 278 g/mol. The maximum Gasteiger partial charge on any atom is 0.321 e. The second-order valence-corrected chi connectivity index (χ2v) is 5.22. The van der Waals surface area contributed by atoms with Crippen molar-refractivity contribution in [2.75, 3.05) is 32.1 Å². The fraction of sp³-hybridized carbons (Fsp3) is 0.533. The van der Waals surface area contributed by atoms with E-state index in [9.17, 15) is 4.79 Å². The van der Waals surface area contributed by atoms with E-state index in [0.29, 0.717) is 13.1 Å². The van der Waals surface area contributed by atoms with E-state index in [1.807, 2.05) is 31.2 Å². The Bertz CT molecular complexity index is 464. The highest BCUT2D eigenvalue weighted by Crippen LogP contribution is 2.21. The molecule has 2 atom stereocenters. The van der Waals surface area contributed by atoms with Crippen LogP contribution in [0.3, 0.4) is 0 Å². The lowest BCUT2D eigenvalue weighted by Gasteiger charge is -2.18.